The number of nitrogens with two attached hydrogens (primary N) is 2. The molecule has 3 rings (SSSR count). The maximum absolute atomic E-state index is 15.0. The van der Waals surface area contributed by atoms with Gasteiger partial charge in [-0.3, -0.25) is 4.39 Å². The van der Waals surface area contributed by atoms with Crippen molar-refractivity contribution in [2.24, 2.45) is 5.73 Å². The average molecular weight is 504 g/mol. The fraction of sp³-hybridized carbons (Fsp3) is 0.217. The summed E-state index contributed by atoms with van der Waals surface area (Å²) in [6.07, 6.45) is 0. The monoisotopic (exact) mass is 503 g/mol. The van der Waals surface area contributed by atoms with Gasteiger partial charge >= 0.3 is 0 Å². The van der Waals surface area contributed by atoms with E-state index in [9.17, 15) is 0 Å². The summed E-state index contributed by atoms with van der Waals surface area (Å²) >= 11 is 6.40. The van der Waals surface area contributed by atoms with Crippen molar-refractivity contribution >= 4 is 11.6 Å². The smallest absolute Gasteiger partial charge is 0.109 e. The Morgan fingerprint density at radius 3 is 2.47 bits per heavy atom. The van der Waals surface area contributed by atoms with Gasteiger partial charge in [-0.05, 0) is 11.1 Å². The summed E-state index contributed by atoms with van der Waals surface area (Å²) in [5, 5.41) is 0.441. The second kappa shape index (κ2) is 13.2. The van der Waals surface area contributed by atoms with E-state index in [-0.39, 0.29) is 62.7 Å². The van der Waals surface area contributed by atoms with Crippen molar-refractivity contribution in [1.82, 2.24) is 0 Å². The minimum atomic E-state index is -0.498. The molecule has 0 fully saturated rings. The largest absolute Gasteiger partial charge is 0.693 e. The van der Waals surface area contributed by atoms with E-state index in [1.807, 2.05) is 42.5 Å². The van der Waals surface area contributed by atoms with Gasteiger partial charge in [-0.2, -0.15) is 0 Å². The third-order valence-electron chi connectivity index (χ3n) is 4.54. The number of ether oxygens (including phenoxy) is 2. The van der Waals surface area contributed by atoms with E-state index in [0.717, 1.165) is 11.1 Å². The normalized spacial score (nSPS) is 11.2. The standard InChI is InChI=1S/C23H22ClFNO2.H2N.Y/c1-27-12-13-28-22-9-5-8-18(23(22)25)19-14-17(10-11-21(19)24)20(15-26)16-6-3-2-4-7-16;;/h2-7,9-11,14,20H,12-13,15,26H2,1H3;1H2;/q2*-1;. The number of hydrogen-bond acceptors (Lipinski definition) is 3. The predicted octanol–water partition coefficient (Wildman–Crippen LogP) is 5.78. The zero-order chi connectivity index (χ0) is 19.9. The van der Waals surface area contributed by atoms with Gasteiger partial charge in [0.1, 0.15) is 6.61 Å². The van der Waals surface area contributed by atoms with Gasteiger partial charge in [-0.15, -0.1) is 17.7 Å². The fourth-order valence-electron chi connectivity index (χ4n) is 3.10. The molecular weight excluding hydrogens is 480 g/mol. The average Bonchev–Trinajstić information content (AvgIpc) is 2.72. The maximum atomic E-state index is 15.0. The molecule has 0 aliphatic heterocycles. The van der Waals surface area contributed by atoms with Crippen LogP contribution in [0, 0.1) is 11.9 Å². The topological polar surface area (TPSA) is 78.0 Å². The van der Waals surface area contributed by atoms with Crippen LogP contribution in [0.25, 0.3) is 17.3 Å². The molecule has 4 nitrogen and oxygen atoms in total. The predicted molar refractivity (Wildman–Crippen MR) is 116 cm³/mol. The molecule has 0 aliphatic rings. The van der Waals surface area contributed by atoms with Crippen LogP contribution in [0.1, 0.15) is 17.0 Å². The number of hydrogen-bond donors (Lipinski definition) is 1. The van der Waals surface area contributed by atoms with E-state index in [2.05, 4.69) is 6.07 Å². The third-order valence-corrected chi connectivity index (χ3v) is 4.87. The van der Waals surface area contributed by atoms with Gasteiger partial charge in [-0.25, -0.2) is 0 Å². The van der Waals surface area contributed by atoms with E-state index < -0.39 is 5.82 Å². The van der Waals surface area contributed by atoms with Gasteiger partial charge in [0.05, 0.1) is 18.2 Å². The first-order valence-electron chi connectivity index (χ1n) is 9.02. The number of halogens is 2. The zero-order valence-corrected chi connectivity index (χ0v) is 20.4. The molecule has 3 aromatic carbocycles. The second-order valence-electron chi connectivity index (χ2n) is 6.31. The zero-order valence-electron chi connectivity index (χ0n) is 16.8. The van der Waals surface area contributed by atoms with Crippen molar-refractivity contribution in [1.29, 1.82) is 0 Å². The fourth-order valence-corrected chi connectivity index (χ4v) is 3.32. The summed E-state index contributed by atoms with van der Waals surface area (Å²) in [5.41, 5.74) is 8.93. The van der Waals surface area contributed by atoms with Crippen LogP contribution in [0.4, 0.5) is 4.39 Å². The van der Waals surface area contributed by atoms with Crippen molar-refractivity contribution in [2.75, 3.05) is 26.9 Å². The van der Waals surface area contributed by atoms with Crippen molar-refractivity contribution in [3.8, 4) is 16.9 Å². The molecule has 0 saturated carbocycles. The molecule has 0 spiro atoms. The first-order chi connectivity index (χ1) is 13.7. The Morgan fingerprint density at radius 1 is 1.07 bits per heavy atom. The number of benzene rings is 3. The van der Waals surface area contributed by atoms with Gasteiger partial charge < -0.3 is 21.4 Å². The molecule has 1 radical (unpaired) electrons. The molecule has 0 saturated heterocycles. The molecule has 0 amide bonds. The minimum Gasteiger partial charge on any atom is -0.693 e. The van der Waals surface area contributed by atoms with E-state index in [0.29, 0.717) is 23.7 Å². The summed E-state index contributed by atoms with van der Waals surface area (Å²) in [6, 6.07) is 21.7. The second-order valence-corrected chi connectivity index (χ2v) is 6.72. The maximum Gasteiger partial charge on any atom is 0.109 e. The number of methoxy groups -OCH3 is 1. The van der Waals surface area contributed by atoms with Gasteiger partial charge in [0.15, 0.2) is 0 Å². The van der Waals surface area contributed by atoms with Crippen LogP contribution in [0.15, 0.2) is 60.7 Å². The Balaban J connectivity index is 0.00000225. The Morgan fingerprint density at radius 2 is 1.80 bits per heavy atom. The molecule has 1 atom stereocenters. The Labute approximate surface area is 207 Å². The van der Waals surface area contributed by atoms with Crippen LogP contribution in [0.5, 0.6) is 5.75 Å². The minimum absolute atomic E-state index is 0. The van der Waals surface area contributed by atoms with E-state index >= 15 is 4.39 Å². The molecule has 0 aliphatic carbocycles. The molecule has 0 heterocycles. The van der Waals surface area contributed by atoms with Gasteiger partial charge in [0.25, 0.3) is 0 Å². The van der Waals surface area contributed by atoms with Gasteiger partial charge in [-0.1, -0.05) is 71.8 Å². The molecule has 3 aromatic rings. The van der Waals surface area contributed by atoms with Crippen molar-refractivity contribution in [2.45, 2.75) is 5.92 Å². The van der Waals surface area contributed by atoms with Crippen LogP contribution in [0.2, 0.25) is 5.02 Å². The summed E-state index contributed by atoms with van der Waals surface area (Å²) in [5.74, 6) is -0.367. The molecule has 0 aromatic heterocycles. The SMILES string of the molecule is COCCOc1cc[c-]c(-c2cc(C(CN)c3ccccc3)ccc2Cl)c1F.[NH2-].[Y]. The Hall–Kier alpha value is -1.34. The molecule has 0 bridgehead atoms. The quantitative estimate of drug-likeness (QED) is 0.313. The number of rotatable bonds is 8. The first-order valence-corrected chi connectivity index (χ1v) is 9.40. The van der Waals surface area contributed by atoms with E-state index in [1.54, 1.807) is 25.3 Å². The summed E-state index contributed by atoms with van der Waals surface area (Å²) in [4.78, 5) is 0. The van der Waals surface area contributed by atoms with Crippen LogP contribution in [-0.4, -0.2) is 26.9 Å². The Kier molecular flexibility index (Phi) is 11.7. The molecular formula is C23H24ClFN2O2Y-2. The summed E-state index contributed by atoms with van der Waals surface area (Å²) in [7, 11) is 1.57. The summed E-state index contributed by atoms with van der Waals surface area (Å²) in [6.45, 7) is 1.06. The van der Waals surface area contributed by atoms with E-state index in [4.69, 9.17) is 26.8 Å². The first kappa shape index (κ1) is 26.7. The van der Waals surface area contributed by atoms with Crippen LogP contribution in [-0.2, 0) is 37.4 Å². The van der Waals surface area contributed by atoms with Crippen molar-refractivity contribution in [3.05, 3.63) is 94.8 Å². The molecule has 4 N–H and O–H groups in total. The van der Waals surface area contributed by atoms with Crippen molar-refractivity contribution < 1.29 is 46.6 Å². The Bertz CT molecular complexity index is 928. The van der Waals surface area contributed by atoms with Crippen LogP contribution in [0.3, 0.4) is 0 Å². The van der Waals surface area contributed by atoms with E-state index in [1.165, 1.54) is 0 Å². The van der Waals surface area contributed by atoms with Crippen molar-refractivity contribution in [3.63, 3.8) is 0 Å². The third kappa shape index (κ3) is 6.33. The molecule has 7 heteroatoms. The molecule has 30 heavy (non-hydrogen) atoms. The summed E-state index contributed by atoms with van der Waals surface area (Å²) < 4.78 is 25.4. The van der Waals surface area contributed by atoms with Gasteiger partial charge in [0.2, 0.25) is 0 Å². The van der Waals surface area contributed by atoms with Gasteiger partial charge in [0, 0.05) is 57.3 Å². The molecule has 157 valence electrons. The van der Waals surface area contributed by atoms with Crippen LogP contribution < -0.4 is 10.5 Å². The van der Waals surface area contributed by atoms with Crippen LogP contribution >= 0.6 is 11.6 Å². The molecule has 1 unspecified atom stereocenters.